The quantitative estimate of drug-likeness (QED) is 0.413. The van der Waals surface area contributed by atoms with E-state index in [0.717, 1.165) is 11.4 Å². The smallest absolute Gasteiger partial charge is 0.242 e. The first-order valence-electron chi connectivity index (χ1n) is 8.38. The average Bonchev–Trinajstić information content (AvgIpc) is 2.71. The summed E-state index contributed by atoms with van der Waals surface area (Å²) >= 11 is 0. The van der Waals surface area contributed by atoms with Crippen LogP contribution in [0.15, 0.2) is 79.1 Å². The number of aromatic nitrogens is 2. The first-order valence-corrected chi connectivity index (χ1v) is 8.38. The van der Waals surface area contributed by atoms with Gasteiger partial charge in [-0.1, -0.05) is 36.4 Å². The van der Waals surface area contributed by atoms with E-state index in [0.29, 0.717) is 23.9 Å². The average molecular weight is 374 g/mol. The van der Waals surface area contributed by atoms with Crippen LogP contribution in [0.1, 0.15) is 0 Å². The van der Waals surface area contributed by atoms with E-state index >= 15 is 0 Å². The third-order valence-corrected chi connectivity index (χ3v) is 3.66. The number of carbonyl (C=O) groups excluding carboxylic acids is 2. The van der Waals surface area contributed by atoms with Gasteiger partial charge in [0.05, 0.1) is 6.20 Å². The summed E-state index contributed by atoms with van der Waals surface area (Å²) in [6, 6.07) is 18.7. The number of rotatable bonds is 8. The van der Waals surface area contributed by atoms with Crippen LogP contribution in [0.5, 0.6) is 0 Å². The minimum absolute atomic E-state index is 0.325. The van der Waals surface area contributed by atoms with Crippen LogP contribution in [-0.4, -0.2) is 22.3 Å². The first kappa shape index (κ1) is 18.6. The van der Waals surface area contributed by atoms with Crippen LogP contribution >= 0.6 is 0 Å². The van der Waals surface area contributed by atoms with Gasteiger partial charge in [0.1, 0.15) is 5.69 Å². The van der Waals surface area contributed by atoms with Gasteiger partial charge in [-0.3, -0.25) is 14.5 Å². The highest BCUT2D eigenvalue weighted by Gasteiger charge is 2.15. The molecule has 0 aliphatic heterocycles. The van der Waals surface area contributed by atoms with Crippen molar-refractivity contribution in [3.63, 3.8) is 0 Å². The van der Waals surface area contributed by atoms with Crippen LogP contribution < -0.4 is 21.3 Å². The van der Waals surface area contributed by atoms with Crippen LogP contribution in [0.2, 0.25) is 0 Å². The Balaban J connectivity index is 2.06. The predicted octanol–water partition coefficient (Wildman–Crippen LogP) is 2.93. The number of nitrogens with two attached hydrogens (primary N) is 1. The maximum absolute atomic E-state index is 11.3. The summed E-state index contributed by atoms with van der Waals surface area (Å²) in [6.07, 6.45) is 4.72. The van der Waals surface area contributed by atoms with Crippen molar-refractivity contribution in [2.24, 2.45) is 5.73 Å². The molecule has 140 valence electrons. The number of amides is 2. The molecule has 3 aromatic rings. The van der Waals surface area contributed by atoms with Crippen molar-refractivity contribution >= 4 is 41.1 Å². The number of para-hydroxylation sites is 2. The number of benzene rings is 2. The molecule has 1 heterocycles. The van der Waals surface area contributed by atoms with Crippen molar-refractivity contribution < 1.29 is 9.59 Å². The second-order valence-electron chi connectivity index (χ2n) is 5.61. The van der Waals surface area contributed by atoms with Crippen LogP contribution in [0.3, 0.4) is 0 Å². The second kappa shape index (κ2) is 8.95. The lowest BCUT2D eigenvalue weighted by Crippen LogP contribution is -2.16. The summed E-state index contributed by atoms with van der Waals surface area (Å²) in [4.78, 5) is 32.7. The Labute approximate surface area is 161 Å². The van der Waals surface area contributed by atoms with Gasteiger partial charge in [-0.05, 0) is 24.3 Å². The second-order valence-corrected chi connectivity index (χ2v) is 5.61. The fraction of sp³-hybridized carbons (Fsp3) is 0. The Morgan fingerprint density at radius 2 is 1.71 bits per heavy atom. The first-order chi connectivity index (χ1) is 13.7. The van der Waals surface area contributed by atoms with E-state index in [1.165, 1.54) is 18.5 Å². The van der Waals surface area contributed by atoms with Crippen LogP contribution in [0.4, 0.5) is 28.8 Å². The molecule has 0 atom stereocenters. The highest BCUT2D eigenvalue weighted by atomic mass is 16.1. The van der Waals surface area contributed by atoms with E-state index in [9.17, 15) is 9.59 Å². The largest absolute Gasteiger partial charge is 0.366 e. The van der Waals surface area contributed by atoms with Crippen molar-refractivity contribution in [2.75, 3.05) is 15.5 Å². The van der Waals surface area contributed by atoms with Crippen molar-refractivity contribution in [1.82, 2.24) is 9.97 Å². The molecule has 0 aliphatic carbocycles. The molecule has 2 amide bonds. The van der Waals surface area contributed by atoms with Gasteiger partial charge in [-0.15, -0.1) is 0 Å². The monoisotopic (exact) mass is 374 g/mol. The molecule has 0 unspecified atom stereocenters. The molecular weight excluding hydrogens is 356 g/mol. The van der Waals surface area contributed by atoms with Gasteiger partial charge in [0, 0.05) is 23.7 Å². The van der Waals surface area contributed by atoms with Crippen molar-refractivity contribution in [3.8, 4) is 0 Å². The van der Waals surface area contributed by atoms with Gasteiger partial charge >= 0.3 is 0 Å². The van der Waals surface area contributed by atoms with E-state index in [2.05, 4.69) is 20.6 Å². The summed E-state index contributed by atoms with van der Waals surface area (Å²) < 4.78 is 0. The van der Waals surface area contributed by atoms with Crippen LogP contribution in [-0.2, 0) is 9.59 Å². The molecule has 28 heavy (non-hydrogen) atoms. The summed E-state index contributed by atoms with van der Waals surface area (Å²) in [7, 11) is 0. The Bertz CT molecular complexity index is 977. The molecule has 0 saturated carbocycles. The lowest BCUT2D eigenvalue weighted by Gasteiger charge is -2.22. The SMILES string of the molecule is NC(=O)C=CN(c1ccccc1)c1nc(Nc2ccccc2)ncc1NC=O. The van der Waals surface area contributed by atoms with Gasteiger partial charge in [-0.2, -0.15) is 4.98 Å². The predicted molar refractivity (Wildman–Crippen MR) is 108 cm³/mol. The topological polar surface area (TPSA) is 113 Å². The molecule has 0 fully saturated rings. The third-order valence-electron chi connectivity index (χ3n) is 3.66. The van der Waals surface area contributed by atoms with Crippen molar-refractivity contribution in [3.05, 3.63) is 79.1 Å². The summed E-state index contributed by atoms with van der Waals surface area (Å²) in [5.41, 5.74) is 7.15. The molecule has 3 rings (SSSR count). The van der Waals surface area contributed by atoms with E-state index in [1.807, 2.05) is 60.7 Å². The van der Waals surface area contributed by atoms with Gasteiger partial charge < -0.3 is 16.4 Å². The number of hydrogen-bond acceptors (Lipinski definition) is 6. The highest BCUT2D eigenvalue weighted by molar-refractivity contribution is 5.88. The standard InChI is InChI=1S/C20H18N6O2/c21-18(28)11-12-26(16-9-5-2-6-10-16)19-17(23-14-27)13-22-20(25-19)24-15-7-3-1-4-8-15/h1-14H,(H2,21,28)(H,23,27)(H,22,24,25). The molecule has 8 nitrogen and oxygen atoms in total. The van der Waals surface area contributed by atoms with Crippen LogP contribution in [0, 0.1) is 0 Å². The van der Waals surface area contributed by atoms with E-state index < -0.39 is 5.91 Å². The third kappa shape index (κ3) is 4.70. The maximum atomic E-state index is 11.3. The van der Waals surface area contributed by atoms with Crippen LogP contribution in [0.25, 0.3) is 0 Å². The molecule has 0 spiro atoms. The maximum Gasteiger partial charge on any atom is 0.242 e. The zero-order chi connectivity index (χ0) is 19.8. The summed E-state index contributed by atoms with van der Waals surface area (Å²) in [5.74, 6) is 0.0813. The minimum atomic E-state index is -0.609. The molecule has 4 N–H and O–H groups in total. The number of carbonyl (C=O) groups is 2. The van der Waals surface area contributed by atoms with E-state index in [-0.39, 0.29) is 0 Å². The Morgan fingerprint density at radius 3 is 2.36 bits per heavy atom. The molecule has 1 aromatic heterocycles. The summed E-state index contributed by atoms with van der Waals surface area (Å²) in [6.45, 7) is 0. The molecular formula is C20H18N6O2. The Morgan fingerprint density at radius 1 is 1.04 bits per heavy atom. The number of nitrogens with one attached hydrogen (secondary N) is 2. The molecule has 0 aliphatic rings. The number of anilines is 5. The molecule has 2 aromatic carbocycles. The van der Waals surface area contributed by atoms with Crippen molar-refractivity contribution in [1.29, 1.82) is 0 Å². The van der Waals surface area contributed by atoms with Crippen molar-refractivity contribution in [2.45, 2.75) is 0 Å². The molecule has 0 radical (unpaired) electrons. The lowest BCUT2D eigenvalue weighted by atomic mass is 10.3. The van der Waals surface area contributed by atoms with E-state index in [4.69, 9.17) is 5.73 Å². The number of primary amides is 1. The lowest BCUT2D eigenvalue weighted by molar-refractivity contribution is -0.113. The van der Waals surface area contributed by atoms with E-state index in [1.54, 1.807) is 4.90 Å². The number of nitrogens with zero attached hydrogens (tertiary/aromatic N) is 3. The normalized spacial score (nSPS) is 10.4. The summed E-state index contributed by atoms with van der Waals surface area (Å²) in [5, 5.41) is 5.68. The molecule has 8 heteroatoms. The van der Waals surface area contributed by atoms with Gasteiger partial charge in [-0.25, -0.2) is 4.98 Å². The zero-order valence-electron chi connectivity index (χ0n) is 14.8. The molecule has 0 saturated heterocycles. The fourth-order valence-electron chi connectivity index (χ4n) is 2.45. The Hall–Kier alpha value is -4.20. The zero-order valence-corrected chi connectivity index (χ0v) is 14.8. The molecule has 0 bridgehead atoms. The minimum Gasteiger partial charge on any atom is -0.366 e. The Kier molecular flexibility index (Phi) is 5.94. The van der Waals surface area contributed by atoms with Gasteiger partial charge in [0.15, 0.2) is 5.82 Å². The highest BCUT2D eigenvalue weighted by Crippen LogP contribution is 2.31. The number of hydrogen-bond donors (Lipinski definition) is 3. The fourth-order valence-corrected chi connectivity index (χ4v) is 2.45. The van der Waals surface area contributed by atoms with Gasteiger partial charge in [0.25, 0.3) is 0 Å². The van der Waals surface area contributed by atoms with Gasteiger partial charge in [0.2, 0.25) is 18.3 Å².